The lowest BCUT2D eigenvalue weighted by Gasteiger charge is -2.08. The first kappa shape index (κ1) is 13.9. The van der Waals surface area contributed by atoms with Crippen LogP contribution < -0.4 is 10.5 Å². The van der Waals surface area contributed by atoms with Gasteiger partial charge in [0, 0.05) is 11.0 Å². The highest BCUT2D eigenvalue weighted by Gasteiger charge is 2.03. The Labute approximate surface area is 116 Å². The van der Waals surface area contributed by atoms with Crippen LogP contribution in [0.4, 0.5) is 4.39 Å². The van der Waals surface area contributed by atoms with E-state index in [0.717, 1.165) is 10.5 Å². The molecule has 0 fully saturated rings. The van der Waals surface area contributed by atoms with Gasteiger partial charge in [0.05, 0.1) is 0 Å². The SMILES string of the molecule is CSc1ccc(Oc2cc(F)cc(CCN)c2)cc1. The molecule has 2 rings (SSSR count). The van der Waals surface area contributed by atoms with Crippen molar-refractivity contribution < 1.29 is 9.13 Å². The zero-order valence-electron chi connectivity index (χ0n) is 10.7. The maximum absolute atomic E-state index is 13.4. The van der Waals surface area contributed by atoms with Crippen LogP contribution in [0.1, 0.15) is 5.56 Å². The normalized spacial score (nSPS) is 10.5. The quantitative estimate of drug-likeness (QED) is 0.843. The molecule has 2 nitrogen and oxygen atoms in total. The third kappa shape index (κ3) is 3.98. The summed E-state index contributed by atoms with van der Waals surface area (Å²) < 4.78 is 19.1. The average molecular weight is 277 g/mol. The first-order valence-corrected chi connectivity index (χ1v) is 7.25. The highest BCUT2D eigenvalue weighted by atomic mass is 32.2. The first-order valence-electron chi connectivity index (χ1n) is 6.02. The van der Waals surface area contributed by atoms with E-state index in [4.69, 9.17) is 10.5 Å². The van der Waals surface area contributed by atoms with Crippen LogP contribution in [0.5, 0.6) is 11.5 Å². The molecule has 0 unspecified atom stereocenters. The van der Waals surface area contributed by atoms with E-state index < -0.39 is 0 Å². The van der Waals surface area contributed by atoms with E-state index in [2.05, 4.69) is 0 Å². The predicted octanol–water partition coefficient (Wildman–Crippen LogP) is 3.84. The van der Waals surface area contributed by atoms with Gasteiger partial charge in [-0.05, 0) is 61.2 Å². The molecule has 0 aliphatic rings. The molecule has 0 aromatic heterocycles. The number of nitrogens with two attached hydrogens (primary N) is 1. The maximum atomic E-state index is 13.4. The lowest BCUT2D eigenvalue weighted by Crippen LogP contribution is -2.03. The molecule has 2 N–H and O–H groups in total. The Hall–Kier alpha value is -1.52. The molecular formula is C15H16FNOS. The fourth-order valence-corrected chi connectivity index (χ4v) is 2.18. The fourth-order valence-electron chi connectivity index (χ4n) is 1.77. The number of rotatable bonds is 5. The van der Waals surface area contributed by atoms with Gasteiger partial charge in [0.2, 0.25) is 0 Å². The van der Waals surface area contributed by atoms with Gasteiger partial charge in [-0.1, -0.05) is 0 Å². The molecule has 0 aliphatic carbocycles. The van der Waals surface area contributed by atoms with Crippen molar-refractivity contribution >= 4 is 11.8 Å². The summed E-state index contributed by atoms with van der Waals surface area (Å²) in [5.74, 6) is 0.893. The van der Waals surface area contributed by atoms with Crippen LogP contribution in [0.25, 0.3) is 0 Å². The van der Waals surface area contributed by atoms with Gasteiger partial charge in [-0.2, -0.15) is 0 Å². The highest BCUT2D eigenvalue weighted by Crippen LogP contribution is 2.25. The molecule has 0 heterocycles. The average Bonchev–Trinajstić information content (AvgIpc) is 2.39. The summed E-state index contributed by atoms with van der Waals surface area (Å²) in [7, 11) is 0. The van der Waals surface area contributed by atoms with Gasteiger partial charge in [-0.3, -0.25) is 0 Å². The Bertz CT molecular complexity index is 542. The van der Waals surface area contributed by atoms with Gasteiger partial charge in [0.25, 0.3) is 0 Å². The molecule has 0 amide bonds. The number of halogens is 1. The smallest absolute Gasteiger partial charge is 0.130 e. The molecule has 100 valence electrons. The number of hydrogen-bond donors (Lipinski definition) is 1. The van der Waals surface area contributed by atoms with E-state index in [9.17, 15) is 4.39 Å². The second-order valence-electron chi connectivity index (χ2n) is 4.11. The third-order valence-corrected chi connectivity index (χ3v) is 3.40. The zero-order valence-corrected chi connectivity index (χ0v) is 11.5. The lowest BCUT2D eigenvalue weighted by molar-refractivity contribution is 0.475. The van der Waals surface area contributed by atoms with Crippen molar-refractivity contribution in [3.8, 4) is 11.5 Å². The van der Waals surface area contributed by atoms with Gasteiger partial charge in [-0.25, -0.2) is 4.39 Å². The van der Waals surface area contributed by atoms with Crippen molar-refractivity contribution in [2.24, 2.45) is 5.73 Å². The Morgan fingerprint density at radius 1 is 1.11 bits per heavy atom. The Balaban J connectivity index is 2.17. The van der Waals surface area contributed by atoms with Crippen LogP contribution in [0.3, 0.4) is 0 Å². The summed E-state index contributed by atoms with van der Waals surface area (Å²) in [5.41, 5.74) is 6.33. The molecule has 2 aromatic carbocycles. The van der Waals surface area contributed by atoms with Crippen molar-refractivity contribution in [1.29, 1.82) is 0 Å². The fraction of sp³-hybridized carbons (Fsp3) is 0.200. The van der Waals surface area contributed by atoms with Gasteiger partial charge in [0.1, 0.15) is 17.3 Å². The van der Waals surface area contributed by atoms with E-state index >= 15 is 0 Å². The standard InChI is InChI=1S/C15H16FNOS/c1-19-15-4-2-13(3-5-15)18-14-9-11(6-7-17)8-12(16)10-14/h2-5,8-10H,6-7,17H2,1H3. The second-order valence-corrected chi connectivity index (χ2v) is 4.99. The second kappa shape index (κ2) is 6.59. The Morgan fingerprint density at radius 3 is 2.47 bits per heavy atom. The summed E-state index contributed by atoms with van der Waals surface area (Å²) in [6.07, 6.45) is 2.65. The molecule has 0 saturated carbocycles. The monoisotopic (exact) mass is 277 g/mol. The highest BCUT2D eigenvalue weighted by molar-refractivity contribution is 7.98. The van der Waals surface area contributed by atoms with E-state index in [1.807, 2.05) is 36.6 Å². The van der Waals surface area contributed by atoms with Crippen LogP contribution in [-0.2, 0) is 6.42 Å². The third-order valence-electron chi connectivity index (χ3n) is 2.66. The van der Waals surface area contributed by atoms with E-state index in [1.165, 1.54) is 12.1 Å². The van der Waals surface area contributed by atoms with Gasteiger partial charge >= 0.3 is 0 Å². The molecular weight excluding hydrogens is 261 g/mol. The topological polar surface area (TPSA) is 35.2 Å². The molecule has 0 spiro atoms. The minimum Gasteiger partial charge on any atom is -0.457 e. The van der Waals surface area contributed by atoms with E-state index in [1.54, 1.807) is 11.8 Å². The van der Waals surface area contributed by atoms with E-state index in [-0.39, 0.29) is 5.82 Å². The van der Waals surface area contributed by atoms with Crippen molar-refractivity contribution in [3.05, 3.63) is 53.8 Å². The van der Waals surface area contributed by atoms with Gasteiger partial charge < -0.3 is 10.5 Å². The van der Waals surface area contributed by atoms with Crippen molar-refractivity contribution in [1.82, 2.24) is 0 Å². The molecule has 19 heavy (non-hydrogen) atoms. The molecule has 0 bridgehead atoms. The van der Waals surface area contributed by atoms with Crippen LogP contribution in [0.15, 0.2) is 47.4 Å². The number of thioether (sulfide) groups is 1. The number of benzene rings is 2. The molecule has 0 saturated heterocycles. The zero-order chi connectivity index (χ0) is 13.7. The van der Waals surface area contributed by atoms with Gasteiger partial charge in [0.15, 0.2) is 0 Å². The number of ether oxygens (including phenoxy) is 1. The summed E-state index contributed by atoms with van der Waals surface area (Å²) in [5, 5.41) is 0. The van der Waals surface area contributed by atoms with Crippen LogP contribution in [-0.4, -0.2) is 12.8 Å². The molecule has 0 atom stereocenters. The van der Waals surface area contributed by atoms with Crippen molar-refractivity contribution in [3.63, 3.8) is 0 Å². The van der Waals surface area contributed by atoms with E-state index in [0.29, 0.717) is 24.5 Å². The van der Waals surface area contributed by atoms with Gasteiger partial charge in [-0.15, -0.1) is 11.8 Å². The lowest BCUT2D eigenvalue weighted by atomic mass is 10.1. The summed E-state index contributed by atoms with van der Waals surface area (Å²) >= 11 is 1.67. The van der Waals surface area contributed by atoms with Crippen molar-refractivity contribution in [2.75, 3.05) is 12.8 Å². The van der Waals surface area contributed by atoms with Crippen molar-refractivity contribution in [2.45, 2.75) is 11.3 Å². The Morgan fingerprint density at radius 2 is 1.84 bits per heavy atom. The Kier molecular flexibility index (Phi) is 4.82. The predicted molar refractivity (Wildman–Crippen MR) is 77.5 cm³/mol. The molecule has 4 heteroatoms. The molecule has 0 aliphatic heterocycles. The summed E-state index contributed by atoms with van der Waals surface area (Å²) in [6, 6.07) is 12.4. The molecule has 0 radical (unpaired) electrons. The summed E-state index contributed by atoms with van der Waals surface area (Å²) in [4.78, 5) is 1.16. The first-order chi connectivity index (χ1) is 9.21. The van der Waals surface area contributed by atoms with Crippen LogP contribution in [0, 0.1) is 5.82 Å². The number of hydrogen-bond acceptors (Lipinski definition) is 3. The largest absolute Gasteiger partial charge is 0.457 e. The van der Waals surface area contributed by atoms with Crippen LogP contribution >= 0.6 is 11.8 Å². The minimum atomic E-state index is -0.304. The maximum Gasteiger partial charge on any atom is 0.130 e. The van der Waals surface area contributed by atoms with Crippen LogP contribution in [0.2, 0.25) is 0 Å². The molecule has 2 aromatic rings. The summed E-state index contributed by atoms with van der Waals surface area (Å²) in [6.45, 7) is 0.491. The minimum absolute atomic E-state index is 0.304.